The van der Waals surface area contributed by atoms with Gasteiger partial charge in [0.15, 0.2) is 0 Å². The fourth-order valence-electron chi connectivity index (χ4n) is 2.10. The first-order valence-electron chi connectivity index (χ1n) is 6.44. The summed E-state index contributed by atoms with van der Waals surface area (Å²) in [6, 6.07) is 5.77. The molecule has 4 nitrogen and oxygen atoms in total. The number of likely N-dealkylation sites (tertiary alicyclic amines) is 1. The van der Waals surface area contributed by atoms with Crippen LogP contribution in [0.4, 0.5) is 4.39 Å². The Morgan fingerprint density at radius 1 is 1.16 bits per heavy atom. The van der Waals surface area contributed by atoms with Gasteiger partial charge in [0.25, 0.3) is 0 Å². The number of hydrogen-bond acceptors (Lipinski definition) is 2. The average molecular weight is 264 g/mol. The van der Waals surface area contributed by atoms with Crippen molar-refractivity contribution in [3.05, 3.63) is 35.6 Å². The third-order valence-corrected chi connectivity index (χ3v) is 3.17. The van der Waals surface area contributed by atoms with E-state index < -0.39 is 0 Å². The first-order valence-corrected chi connectivity index (χ1v) is 6.44. The van der Waals surface area contributed by atoms with Crippen LogP contribution in [0.15, 0.2) is 24.3 Å². The Hall–Kier alpha value is -1.91. The van der Waals surface area contributed by atoms with Crippen molar-refractivity contribution in [2.45, 2.75) is 19.3 Å². The van der Waals surface area contributed by atoms with E-state index in [0.717, 1.165) is 31.5 Å². The van der Waals surface area contributed by atoms with Crippen molar-refractivity contribution in [3.63, 3.8) is 0 Å². The van der Waals surface area contributed by atoms with Crippen molar-refractivity contribution in [1.29, 1.82) is 0 Å². The molecule has 0 radical (unpaired) electrons. The fourth-order valence-corrected chi connectivity index (χ4v) is 2.10. The molecule has 1 saturated heterocycles. The lowest BCUT2D eigenvalue weighted by Gasteiger charge is -2.15. The van der Waals surface area contributed by atoms with E-state index in [1.54, 1.807) is 17.0 Å². The minimum absolute atomic E-state index is 0.0371. The molecule has 19 heavy (non-hydrogen) atoms. The van der Waals surface area contributed by atoms with E-state index in [9.17, 15) is 14.0 Å². The highest BCUT2D eigenvalue weighted by atomic mass is 19.1. The van der Waals surface area contributed by atoms with Crippen LogP contribution in [-0.4, -0.2) is 36.3 Å². The lowest BCUT2D eigenvalue weighted by Crippen LogP contribution is -2.39. The van der Waals surface area contributed by atoms with Crippen molar-refractivity contribution >= 4 is 11.8 Å². The van der Waals surface area contributed by atoms with E-state index in [1.165, 1.54) is 12.1 Å². The lowest BCUT2D eigenvalue weighted by atomic mass is 10.1. The van der Waals surface area contributed by atoms with Gasteiger partial charge in [0.05, 0.1) is 13.0 Å². The molecule has 2 rings (SSSR count). The number of carbonyl (C=O) groups excluding carboxylic acids is 2. The number of nitrogens with zero attached hydrogens (tertiary/aromatic N) is 1. The molecule has 1 aromatic rings. The second kappa shape index (κ2) is 6.31. The summed E-state index contributed by atoms with van der Waals surface area (Å²) in [7, 11) is 0. The maximum absolute atomic E-state index is 12.7. The van der Waals surface area contributed by atoms with E-state index >= 15 is 0 Å². The van der Waals surface area contributed by atoms with Gasteiger partial charge in [-0.05, 0) is 30.5 Å². The Bertz CT molecular complexity index is 453. The second-order valence-corrected chi connectivity index (χ2v) is 4.67. The number of rotatable bonds is 4. The third kappa shape index (κ3) is 4.05. The molecule has 5 heteroatoms. The van der Waals surface area contributed by atoms with Gasteiger partial charge in [-0.25, -0.2) is 4.39 Å². The molecule has 1 N–H and O–H groups in total. The zero-order chi connectivity index (χ0) is 13.7. The van der Waals surface area contributed by atoms with Crippen LogP contribution in [0.3, 0.4) is 0 Å². The first-order chi connectivity index (χ1) is 9.15. The van der Waals surface area contributed by atoms with Gasteiger partial charge in [0.2, 0.25) is 11.8 Å². The zero-order valence-electron chi connectivity index (χ0n) is 10.7. The summed E-state index contributed by atoms with van der Waals surface area (Å²) in [5.41, 5.74) is 0.729. The quantitative estimate of drug-likeness (QED) is 0.885. The number of benzene rings is 1. The molecule has 102 valence electrons. The zero-order valence-corrected chi connectivity index (χ0v) is 10.7. The lowest BCUT2D eigenvalue weighted by molar-refractivity contribution is -0.131. The van der Waals surface area contributed by atoms with E-state index in [4.69, 9.17) is 0 Å². The average Bonchev–Trinajstić information content (AvgIpc) is 2.93. The summed E-state index contributed by atoms with van der Waals surface area (Å²) in [5.74, 6) is -0.586. The molecular formula is C14H17FN2O2. The van der Waals surface area contributed by atoms with Gasteiger partial charge in [-0.2, -0.15) is 0 Å². The second-order valence-electron chi connectivity index (χ2n) is 4.67. The molecule has 0 aromatic heterocycles. The van der Waals surface area contributed by atoms with Crippen molar-refractivity contribution < 1.29 is 14.0 Å². The van der Waals surface area contributed by atoms with E-state index in [1.807, 2.05) is 0 Å². The van der Waals surface area contributed by atoms with E-state index in [0.29, 0.717) is 0 Å². The summed E-state index contributed by atoms with van der Waals surface area (Å²) in [4.78, 5) is 25.1. The summed E-state index contributed by atoms with van der Waals surface area (Å²) in [6.07, 6.45) is 2.23. The number of halogens is 1. The van der Waals surface area contributed by atoms with Gasteiger partial charge in [0, 0.05) is 13.1 Å². The van der Waals surface area contributed by atoms with Gasteiger partial charge >= 0.3 is 0 Å². The largest absolute Gasteiger partial charge is 0.347 e. The van der Waals surface area contributed by atoms with Crippen LogP contribution >= 0.6 is 0 Å². The van der Waals surface area contributed by atoms with Crippen LogP contribution in [-0.2, 0) is 16.0 Å². The minimum Gasteiger partial charge on any atom is -0.347 e. The molecule has 1 aromatic carbocycles. The highest BCUT2D eigenvalue weighted by Crippen LogP contribution is 2.07. The minimum atomic E-state index is -0.326. The van der Waals surface area contributed by atoms with Crippen LogP contribution in [0.5, 0.6) is 0 Å². The topological polar surface area (TPSA) is 49.4 Å². The van der Waals surface area contributed by atoms with Gasteiger partial charge in [-0.15, -0.1) is 0 Å². The highest BCUT2D eigenvalue weighted by molar-refractivity contribution is 5.85. The van der Waals surface area contributed by atoms with Crippen LogP contribution in [0.1, 0.15) is 18.4 Å². The van der Waals surface area contributed by atoms with Crippen LogP contribution in [0.25, 0.3) is 0 Å². The first kappa shape index (κ1) is 13.5. The Morgan fingerprint density at radius 2 is 1.79 bits per heavy atom. The van der Waals surface area contributed by atoms with Gasteiger partial charge in [-0.1, -0.05) is 12.1 Å². The van der Waals surface area contributed by atoms with Gasteiger partial charge < -0.3 is 10.2 Å². The molecule has 2 amide bonds. The summed E-state index contributed by atoms with van der Waals surface area (Å²) < 4.78 is 12.7. The van der Waals surface area contributed by atoms with Gasteiger partial charge in [0.1, 0.15) is 5.82 Å². The third-order valence-electron chi connectivity index (χ3n) is 3.17. The molecular weight excluding hydrogens is 247 g/mol. The number of nitrogens with one attached hydrogen (secondary N) is 1. The SMILES string of the molecule is O=C(Cc1ccc(F)cc1)NCC(=O)N1CCCC1. The normalized spacial score (nSPS) is 14.5. The molecule has 0 atom stereocenters. The van der Waals surface area contributed by atoms with Gasteiger partial charge in [-0.3, -0.25) is 9.59 Å². The van der Waals surface area contributed by atoms with Crippen LogP contribution in [0.2, 0.25) is 0 Å². The van der Waals surface area contributed by atoms with E-state index in [2.05, 4.69) is 5.32 Å². The number of hydrogen-bond donors (Lipinski definition) is 1. The van der Waals surface area contributed by atoms with E-state index in [-0.39, 0.29) is 30.6 Å². The molecule has 1 fully saturated rings. The molecule has 0 unspecified atom stereocenters. The van der Waals surface area contributed by atoms with Crippen LogP contribution in [0, 0.1) is 5.82 Å². The number of amides is 2. The predicted molar refractivity (Wildman–Crippen MR) is 68.9 cm³/mol. The Morgan fingerprint density at radius 3 is 2.42 bits per heavy atom. The summed E-state index contributed by atoms with van der Waals surface area (Å²) >= 11 is 0. The van der Waals surface area contributed by atoms with Crippen molar-refractivity contribution in [3.8, 4) is 0 Å². The molecule has 0 spiro atoms. The smallest absolute Gasteiger partial charge is 0.241 e. The maximum atomic E-state index is 12.7. The highest BCUT2D eigenvalue weighted by Gasteiger charge is 2.18. The Balaban J connectivity index is 1.75. The molecule has 0 aliphatic carbocycles. The standard InChI is InChI=1S/C14H17FN2O2/c15-12-5-3-11(4-6-12)9-13(18)16-10-14(19)17-7-1-2-8-17/h3-6H,1-2,7-10H2,(H,16,18). The molecule has 1 aliphatic heterocycles. The summed E-state index contributed by atoms with van der Waals surface area (Å²) in [5, 5.41) is 2.60. The summed E-state index contributed by atoms with van der Waals surface area (Å²) in [6.45, 7) is 1.61. The molecule has 1 aliphatic rings. The molecule has 0 saturated carbocycles. The number of carbonyl (C=O) groups is 2. The van der Waals surface area contributed by atoms with Crippen LogP contribution < -0.4 is 5.32 Å². The van der Waals surface area contributed by atoms with Crippen molar-refractivity contribution in [2.75, 3.05) is 19.6 Å². The Labute approximate surface area is 111 Å². The molecule has 1 heterocycles. The Kier molecular flexibility index (Phi) is 4.49. The monoisotopic (exact) mass is 264 g/mol. The van der Waals surface area contributed by atoms with Crippen molar-refractivity contribution in [1.82, 2.24) is 10.2 Å². The predicted octanol–water partition coefficient (Wildman–Crippen LogP) is 1.11. The fraction of sp³-hybridized carbons (Fsp3) is 0.429. The molecule has 0 bridgehead atoms. The maximum Gasteiger partial charge on any atom is 0.241 e. The van der Waals surface area contributed by atoms with Crippen molar-refractivity contribution in [2.24, 2.45) is 0 Å².